The van der Waals surface area contributed by atoms with E-state index in [2.05, 4.69) is 17.2 Å². The number of rotatable bonds is 5. The minimum atomic E-state index is -3.27. The smallest absolute Gasteiger partial charge is 0.257 e. The van der Waals surface area contributed by atoms with Crippen molar-refractivity contribution in [1.29, 1.82) is 0 Å². The summed E-state index contributed by atoms with van der Waals surface area (Å²) in [5.41, 5.74) is 1.22. The molecule has 0 bridgehead atoms. The number of hydrogen-bond donors (Lipinski definition) is 1. The number of thioether (sulfide) groups is 1. The second-order valence-electron chi connectivity index (χ2n) is 5.34. The van der Waals surface area contributed by atoms with Crippen LogP contribution in [0.25, 0.3) is 10.2 Å². The first-order chi connectivity index (χ1) is 11.9. The van der Waals surface area contributed by atoms with Crippen LogP contribution in [0.2, 0.25) is 0 Å². The summed E-state index contributed by atoms with van der Waals surface area (Å²) in [7, 11) is -3.27. The number of carbonyl (C=O) groups is 1. The molecule has 1 heterocycles. The van der Waals surface area contributed by atoms with E-state index in [0.717, 1.165) is 10.6 Å². The Morgan fingerprint density at radius 3 is 2.76 bits per heavy atom. The molecule has 3 aromatic rings. The van der Waals surface area contributed by atoms with Crippen molar-refractivity contribution in [2.24, 2.45) is 0 Å². The highest BCUT2D eigenvalue weighted by molar-refractivity contribution is 7.99. The molecule has 1 amide bonds. The number of carbonyl (C=O) groups excluding carboxylic acids is 1. The molecule has 1 aromatic heterocycles. The van der Waals surface area contributed by atoms with Crippen LogP contribution in [-0.4, -0.2) is 31.3 Å². The van der Waals surface area contributed by atoms with Gasteiger partial charge in [0.2, 0.25) is 0 Å². The molecule has 0 fully saturated rings. The van der Waals surface area contributed by atoms with Gasteiger partial charge >= 0.3 is 0 Å². The molecule has 0 aliphatic carbocycles. The van der Waals surface area contributed by atoms with Crippen molar-refractivity contribution < 1.29 is 13.2 Å². The van der Waals surface area contributed by atoms with Crippen molar-refractivity contribution in [3.63, 3.8) is 0 Å². The lowest BCUT2D eigenvalue weighted by Gasteiger charge is -2.04. The lowest BCUT2D eigenvalue weighted by molar-refractivity contribution is 0.102. The third-order valence-electron chi connectivity index (χ3n) is 3.42. The molecule has 5 nitrogen and oxygen atoms in total. The van der Waals surface area contributed by atoms with Crippen LogP contribution >= 0.6 is 23.1 Å². The number of thiazole rings is 1. The molecule has 2 aromatic carbocycles. The van der Waals surface area contributed by atoms with Gasteiger partial charge in [-0.15, -0.1) is 11.8 Å². The maximum Gasteiger partial charge on any atom is 0.257 e. The summed E-state index contributed by atoms with van der Waals surface area (Å²) in [6, 6.07) is 12.2. The molecule has 0 aliphatic rings. The summed E-state index contributed by atoms with van der Waals surface area (Å²) in [5, 5.41) is 3.23. The van der Waals surface area contributed by atoms with E-state index in [1.165, 1.54) is 23.7 Å². The molecular formula is C17H16N2O3S3. The van der Waals surface area contributed by atoms with E-state index in [0.29, 0.717) is 20.9 Å². The number of aromatic nitrogens is 1. The van der Waals surface area contributed by atoms with E-state index in [4.69, 9.17) is 0 Å². The van der Waals surface area contributed by atoms with Crippen molar-refractivity contribution in [1.82, 2.24) is 4.98 Å². The topological polar surface area (TPSA) is 76.1 Å². The van der Waals surface area contributed by atoms with Gasteiger partial charge in [-0.05, 0) is 42.2 Å². The molecule has 0 radical (unpaired) electrons. The Kier molecular flexibility index (Phi) is 5.12. The maximum atomic E-state index is 12.4. The van der Waals surface area contributed by atoms with Crippen molar-refractivity contribution in [3.8, 4) is 0 Å². The Bertz CT molecular complexity index is 1040. The summed E-state index contributed by atoms with van der Waals surface area (Å²) >= 11 is 2.92. The van der Waals surface area contributed by atoms with Gasteiger partial charge in [-0.3, -0.25) is 10.1 Å². The Hall–Kier alpha value is -1.90. The number of benzene rings is 2. The standard InChI is InChI=1S/C17H16N2O3S3/c1-3-23-12-6-4-5-11(9-12)16(20)19-17-18-14-8-7-13(25(2,21)22)10-15(14)24-17/h4-10H,3H2,1-2H3,(H,18,19,20). The van der Waals surface area contributed by atoms with Crippen LogP contribution in [0.5, 0.6) is 0 Å². The fourth-order valence-corrected chi connectivity index (χ4v) is 4.59. The van der Waals surface area contributed by atoms with Crippen molar-refractivity contribution in [2.45, 2.75) is 16.7 Å². The number of amides is 1. The van der Waals surface area contributed by atoms with Crippen molar-refractivity contribution in [2.75, 3.05) is 17.3 Å². The van der Waals surface area contributed by atoms with Gasteiger partial charge in [0.1, 0.15) is 0 Å². The van der Waals surface area contributed by atoms with Crippen LogP contribution in [0.3, 0.4) is 0 Å². The number of nitrogens with one attached hydrogen (secondary N) is 1. The molecule has 130 valence electrons. The second-order valence-corrected chi connectivity index (χ2v) is 9.72. The molecular weight excluding hydrogens is 376 g/mol. The molecule has 25 heavy (non-hydrogen) atoms. The molecule has 0 unspecified atom stereocenters. The average molecular weight is 393 g/mol. The lowest BCUT2D eigenvalue weighted by atomic mass is 10.2. The number of hydrogen-bond acceptors (Lipinski definition) is 6. The Balaban J connectivity index is 1.85. The highest BCUT2D eigenvalue weighted by Crippen LogP contribution is 2.28. The van der Waals surface area contributed by atoms with Crippen LogP contribution in [0.4, 0.5) is 5.13 Å². The summed E-state index contributed by atoms with van der Waals surface area (Å²) in [6.45, 7) is 2.06. The number of fused-ring (bicyclic) bond motifs is 1. The third kappa shape index (κ3) is 4.20. The monoisotopic (exact) mass is 392 g/mol. The van der Waals surface area contributed by atoms with Gasteiger partial charge in [-0.2, -0.15) is 0 Å². The van der Waals surface area contributed by atoms with Gasteiger partial charge in [-0.25, -0.2) is 13.4 Å². The zero-order chi connectivity index (χ0) is 18.0. The second kappa shape index (κ2) is 7.15. The van der Waals surface area contributed by atoms with Crippen molar-refractivity contribution >= 4 is 54.2 Å². The van der Waals surface area contributed by atoms with Gasteiger partial charge in [0.15, 0.2) is 15.0 Å². The zero-order valence-corrected chi connectivity index (χ0v) is 16.1. The minimum absolute atomic E-state index is 0.235. The van der Waals surface area contributed by atoms with E-state index < -0.39 is 9.84 Å². The molecule has 1 N–H and O–H groups in total. The van der Waals surface area contributed by atoms with E-state index in [1.807, 2.05) is 18.2 Å². The average Bonchev–Trinajstić information content (AvgIpc) is 2.96. The van der Waals surface area contributed by atoms with Gasteiger partial charge < -0.3 is 0 Å². The minimum Gasteiger partial charge on any atom is -0.298 e. The predicted octanol–water partition coefficient (Wildman–Crippen LogP) is 4.06. The fraction of sp³-hybridized carbons (Fsp3) is 0.176. The Labute approximate surface area is 154 Å². The summed E-state index contributed by atoms with van der Waals surface area (Å²) < 4.78 is 24.0. The first-order valence-electron chi connectivity index (χ1n) is 7.51. The SMILES string of the molecule is CCSc1cccc(C(=O)Nc2nc3ccc(S(C)(=O)=O)cc3s2)c1. The highest BCUT2D eigenvalue weighted by atomic mass is 32.2. The quantitative estimate of drug-likeness (QED) is 0.663. The Morgan fingerprint density at radius 2 is 2.04 bits per heavy atom. The number of anilines is 1. The predicted molar refractivity (Wildman–Crippen MR) is 104 cm³/mol. The largest absolute Gasteiger partial charge is 0.298 e. The van der Waals surface area contributed by atoms with Crippen LogP contribution in [-0.2, 0) is 9.84 Å². The van der Waals surface area contributed by atoms with Crippen LogP contribution in [0.1, 0.15) is 17.3 Å². The maximum absolute atomic E-state index is 12.4. The van der Waals surface area contributed by atoms with Gasteiger partial charge in [0.05, 0.1) is 15.1 Å². The number of sulfone groups is 1. The molecule has 0 atom stereocenters. The summed E-state index contributed by atoms with van der Waals surface area (Å²) in [6.07, 6.45) is 1.17. The molecule has 0 saturated heterocycles. The van der Waals surface area contributed by atoms with Gasteiger partial charge in [0, 0.05) is 16.7 Å². The lowest BCUT2D eigenvalue weighted by Crippen LogP contribution is -2.11. The van der Waals surface area contributed by atoms with E-state index in [9.17, 15) is 13.2 Å². The fourth-order valence-electron chi connectivity index (χ4n) is 2.25. The van der Waals surface area contributed by atoms with Crippen LogP contribution in [0.15, 0.2) is 52.3 Å². The third-order valence-corrected chi connectivity index (χ3v) is 6.34. The highest BCUT2D eigenvalue weighted by Gasteiger charge is 2.13. The van der Waals surface area contributed by atoms with E-state index in [1.54, 1.807) is 30.0 Å². The summed E-state index contributed by atoms with van der Waals surface area (Å²) in [4.78, 5) is 18.1. The molecule has 0 saturated carbocycles. The van der Waals surface area contributed by atoms with Gasteiger partial charge in [0.25, 0.3) is 5.91 Å². The zero-order valence-electron chi connectivity index (χ0n) is 13.6. The summed E-state index contributed by atoms with van der Waals surface area (Å²) in [5.74, 6) is 0.701. The molecule has 3 rings (SSSR count). The first-order valence-corrected chi connectivity index (χ1v) is 11.2. The van der Waals surface area contributed by atoms with Crippen molar-refractivity contribution in [3.05, 3.63) is 48.0 Å². The van der Waals surface area contributed by atoms with Crippen LogP contribution in [0, 0.1) is 0 Å². The number of nitrogens with zero attached hydrogens (tertiary/aromatic N) is 1. The molecule has 8 heteroatoms. The normalized spacial score (nSPS) is 11.6. The van der Waals surface area contributed by atoms with E-state index in [-0.39, 0.29) is 10.8 Å². The Morgan fingerprint density at radius 1 is 1.24 bits per heavy atom. The molecule has 0 aliphatic heterocycles. The van der Waals surface area contributed by atoms with E-state index >= 15 is 0 Å². The van der Waals surface area contributed by atoms with Gasteiger partial charge in [-0.1, -0.05) is 24.3 Å². The van der Waals surface area contributed by atoms with Crippen LogP contribution < -0.4 is 5.32 Å². The first kappa shape index (κ1) is 17.9. The molecule has 0 spiro atoms.